The average molecular weight is 274 g/mol. The highest BCUT2D eigenvalue weighted by Crippen LogP contribution is 2.12. The lowest BCUT2D eigenvalue weighted by atomic mass is 10.2. The fraction of sp³-hybridized carbons (Fsp3) is 0.300. The van der Waals surface area contributed by atoms with Crippen LogP contribution in [0, 0.1) is 0 Å². The molecule has 1 unspecified atom stereocenters. The Morgan fingerprint density at radius 1 is 1.56 bits per heavy atom. The first-order valence-corrected chi connectivity index (χ1v) is 5.33. The number of primary amides is 1. The van der Waals surface area contributed by atoms with E-state index in [0.29, 0.717) is 5.02 Å². The van der Waals surface area contributed by atoms with Crippen molar-refractivity contribution >= 4 is 29.4 Å². The molecule has 0 spiro atoms. The van der Waals surface area contributed by atoms with E-state index in [0.717, 1.165) is 0 Å². The first kappa shape index (κ1) is 14.0. The molecule has 98 valence electrons. The Labute approximate surface area is 108 Å². The maximum Gasteiger partial charge on any atom is 0.326 e. The van der Waals surface area contributed by atoms with Crippen molar-refractivity contribution in [3.63, 3.8) is 0 Å². The molecule has 1 heterocycles. The normalized spacial score (nSPS) is 11.9. The number of nitrogens with two attached hydrogens (primary N) is 1. The summed E-state index contributed by atoms with van der Waals surface area (Å²) in [4.78, 5) is 33.3. The Hall–Kier alpha value is -2.02. The van der Waals surface area contributed by atoms with Gasteiger partial charge in [0.15, 0.2) is 0 Å². The number of amides is 2. The second-order valence-corrected chi connectivity index (χ2v) is 4.13. The molecule has 0 saturated carbocycles. The van der Waals surface area contributed by atoms with E-state index in [-0.39, 0.29) is 5.69 Å². The molecule has 0 aliphatic heterocycles. The first-order chi connectivity index (χ1) is 8.31. The maximum absolute atomic E-state index is 11.8. The van der Waals surface area contributed by atoms with Crippen molar-refractivity contribution in [2.75, 3.05) is 0 Å². The number of hydrogen-bond donors (Lipinski definition) is 3. The predicted molar refractivity (Wildman–Crippen MR) is 63.1 cm³/mol. The number of nitrogens with zero attached hydrogens (tertiary/aromatic N) is 1. The maximum atomic E-state index is 11.8. The first-order valence-electron chi connectivity index (χ1n) is 4.95. The van der Waals surface area contributed by atoms with E-state index in [1.165, 1.54) is 16.8 Å². The molecule has 1 aromatic heterocycles. The van der Waals surface area contributed by atoms with Crippen LogP contribution in [0.25, 0.3) is 0 Å². The summed E-state index contributed by atoms with van der Waals surface area (Å²) >= 11 is 5.70. The van der Waals surface area contributed by atoms with Gasteiger partial charge in [-0.05, 0) is 6.07 Å². The van der Waals surface area contributed by atoms with Gasteiger partial charge in [0.2, 0.25) is 5.91 Å². The molecule has 0 saturated heterocycles. The van der Waals surface area contributed by atoms with Crippen LogP contribution in [0.2, 0.25) is 5.02 Å². The summed E-state index contributed by atoms with van der Waals surface area (Å²) in [5.41, 5.74) is 5.09. The van der Waals surface area contributed by atoms with Crippen molar-refractivity contribution in [2.24, 2.45) is 12.8 Å². The number of nitrogens with one attached hydrogen (secondary N) is 1. The Morgan fingerprint density at radius 3 is 2.56 bits per heavy atom. The van der Waals surface area contributed by atoms with Gasteiger partial charge in [-0.2, -0.15) is 0 Å². The minimum atomic E-state index is -1.36. The lowest BCUT2D eigenvalue weighted by molar-refractivity contribution is -0.140. The summed E-state index contributed by atoms with van der Waals surface area (Å²) in [5.74, 6) is -2.78. The number of carbonyl (C=O) groups is 3. The molecule has 2 amide bonds. The Balaban J connectivity index is 2.81. The molecular weight excluding hydrogens is 262 g/mol. The van der Waals surface area contributed by atoms with Crippen molar-refractivity contribution < 1.29 is 19.5 Å². The number of aryl methyl sites for hydroxylation is 1. The van der Waals surface area contributed by atoms with Crippen LogP contribution in [0.15, 0.2) is 12.3 Å². The van der Waals surface area contributed by atoms with Crippen LogP contribution in [0.1, 0.15) is 16.9 Å². The Morgan fingerprint density at radius 2 is 2.17 bits per heavy atom. The topological polar surface area (TPSA) is 114 Å². The molecule has 7 nitrogen and oxygen atoms in total. The number of halogens is 1. The quantitative estimate of drug-likeness (QED) is 0.685. The number of carboxylic acid groups (broad SMARTS) is 1. The fourth-order valence-electron chi connectivity index (χ4n) is 1.38. The van der Waals surface area contributed by atoms with Crippen molar-refractivity contribution in [3.8, 4) is 0 Å². The second-order valence-electron chi connectivity index (χ2n) is 3.69. The van der Waals surface area contributed by atoms with Gasteiger partial charge in [-0.1, -0.05) is 11.6 Å². The minimum absolute atomic E-state index is 0.190. The van der Waals surface area contributed by atoms with Crippen LogP contribution in [0.5, 0.6) is 0 Å². The molecule has 0 bridgehead atoms. The molecular formula is C10H12ClN3O4. The van der Waals surface area contributed by atoms with Crippen molar-refractivity contribution in [1.82, 2.24) is 9.88 Å². The molecule has 1 atom stereocenters. The van der Waals surface area contributed by atoms with Gasteiger partial charge in [-0.25, -0.2) is 4.79 Å². The number of rotatable bonds is 5. The number of hydrogen-bond acceptors (Lipinski definition) is 3. The summed E-state index contributed by atoms with van der Waals surface area (Å²) in [5, 5.41) is 11.4. The van der Waals surface area contributed by atoms with Crippen LogP contribution in [-0.4, -0.2) is 33.5 Å². The zero-order valence-corrected chi connectivity index (χ0v) is 10.3. The van der Waals surface area contributed by atoms with E-state index in [2.05, 4.69) is 5.32 Å². The smallest absolute Gasteiger partial charge is 0.326 e. The van der Waals surface area contributed by atoms with E-state index in [9.17, 15) is 14.4 Å². The summed E-state index contributed by atoms with van der Waals surface area (Å²) in [6, 6.07) is 0.0312. The van der Waals surface area contributed by atoms with Gasteiger partial charge >= 0.3 is 5.97 Å². The van der Waals surface area contributed by atoms with E-state index < -0.39 is 30.2 Å². The van der Waals surface area contributed by atoms with Gasteiger partial charge in [-0.15, -0.1) is 0 Å². The SMILES string of the molecule is Cn1cc(Cl)cc1C(=O)NC(CC(N)=O)C(=O)O. The van der Waals surface area contributed by atoms with Crippen molar-refractivity contribution in [2.45, 2.75) is 12.5 Å². The summed E-state index contributed by atoms with van der Waals surface area (Å²) in [6.07, 6.45) is 1.03. The third-order valence-corrected chi connectivity index (χ3v) is 2.42. The molecule has 4 N–H and O–H groups in total. The van der Waals surface area contributed by atoms with Crippen molar-refractivity contribution in [3.05, 3.63) is 23.0 Å². The van der Waals surface area contributed by atoms with Crippen LogP contribution in [0.4, 0.5) is 0 Å². The molecule has 0 radical (unpaired) electrons. The zero-order chi connectivity index (χ0) is 13.9. The Kier molecular flexibility index (Phi) is 4.33. The molecule has 0 aromatic carbocycles. The Bertz CT molecular complexity index is 497. The summed E-state index contributed by atoms with van der Waals surface area (Å²) in [6.45, 7) is 0. The van der Waals surface area contributed by atoms with Gasteiger partial charge in [0, 0.05) is 13.2 Å². The van der Waals surface area contributed by atoms with E-state index >= 15 is 0 Å². The number of aliphatic carboxylic acids is 1. The van der Waals surface area contributed by atoms with E-state index in [4.69, 9.17) is 22.4 Å². The van der Waals surface area contributed by atoms with E-state index in [1.807, 2.05) is 0 Å². The monoisotopic (exact) mass is 273 g/mol. The third-order valence-electron chi connectivity index (χ3n) is 2.21. The largest absolute Gasteiger partial charge is 0.480 e. The third kappa shape index (κ3) is 3.49. The van der Waals surface area contributed by atoms with Crippen LogP contribution < -0.4 is 11.1 Å². The average Bonchev–Trinajstić information content (AvgIpc) is 2.56. The van der Waals surface area contributed by atoms with Crippen LogP contribution >= 0.6 is 11.6 Å². The highest BCUT2D eigenvalue weighted by atomic mass is 35.5. The summed E-state index contributed by atoms with van der Waals surface area (Å²) in [7, 11) is 1.59. The number of carbonyl (C=O) groups excluding carboxylic acids is 2. The van der Waals surface area contributed by atoms with E-state index in [1.54, 1.807) is 7.05 Å². The van der Waals surface area contributed by atoms with Gasteiger partial charge in [0.1, 0.15) is 11.7 Å². The van der Waals surface area contributed by atoms with Gasteiger partial charge < -0.3 is 20.7 Å². The molecule has 0 aliphatic carbocycles. The molecule has 0 fully saturated rings. The number of aromatic nitrogens is 1. The molecule has 1 rings (SSSR count). The van der Waals surface area contributed by atoms with Gasteiger partial charge in [0.25, 0.3) is 5.91 Å². The lowest BCUT2D eigenvalue weighted by Crippen LogP contribution is -2.43. The van der Waals surface area contributed by atoms with Crippen LogP contribution in [-0.2, 0) is 16.6 Å². The highest BCUT2D eigenvalue weighted by molar-refractivity contribution is 6.31. The van der Waals surface area contributed by atoms with Crippen molar-refractivity contribution in [1.29, 1.82) is 0 Å². The fourth-order valence-corrected chi connectivity index (χ4v) is 1.63. The predicted octanol–water partition coefficient (Wildman–Crippen LogP) is -0.263. The molecule has 0 aliphatic rings. The molecule has 8 heteroatoms. The minimum Gasteiger partial charge on any atom is -0.480 e. The molecule has 1 aromatic rings. The van der Waals surface area contributed by atoms with Crippen LogP contribution in [0.3, 0.4) is 0 Å². The van der Waals surface area contributed by atoms with Gasteiger partial charge in [-0.3, -0.25) is 9.59 Å². The lowest BCUT2D eigenvalue weighted by Gasteiger charge is -2.12. The standard InChI is InChI=1S/C10H12ClN3O4/c1-14-4-5(11)2-7(14)9(16)13-6(10(17)18)3-8(12)15/h2,4,6H,3H2,1H3,(H2,12,15)(H,13,16)(H,17,18). The molecule has 18 heavy (non-hydrogen) atoms. The zero-order valence-electron chi connectivity index (χ0n) is 9.51. The second kappa shape index (κ2) is 5.54. The van der Waals surface area contributed by atoms with Gasteiger partial charge in [0.05, 0.1) is 11.4 Å². The summed E-state index contributed by atoms with van der Waals surface area (Å²) < 4.78 is 1.45. The number of carboxylic acids is 1. The highest BCUT2D eigenvalue weighted by Gasteiger charge is 2.23.